The molecule has 0 aromatic rings. The van der Waals surface area contributed by atoms with E-state index in [1.165, 1.54) is 122 Å². The van der Waals surface area contributed by atoms with Crippen molar-refractivity contribution in [1.29, 1.82) is 0 Å². The minimum absolute atomic E-state index is 0.0826. The fourth-order valence-corrected chi connectivity index (χ4v) is 7.98. The molecule has 6 heteroatoms. The van der Waals surface area contributed by atoms with E-state index < -0.39 is 6.10 Å². The molecular weight excluding hydrogens is 829 g/mol. The Morgan fingerprint density at radius 3 is 0.910 bits per heavy atom. The number of hydrogen-bond acceptors (Lipinski definition) is 6. The van der Waals surface area contributed by atoms with E-state index in [1.807, 2.05) is 0 Å². The van der Waals surface area contributed by atoms with Gasteiger partial charge in [-0.1, -0.05) is 261 Å². The molecule has 67 heavy (non-hydrogen) atoms. The van der Waals surface area contributed by atoms with Crippen LogP contribution in [0, 0.1) is 0 Å². The van der Waals surface area contributed by atoms with Crippen LogP contribution < -0.4 is 0 Å². The van der Waals surface area contributed by atoms with E-state index in [2.05, 4.69) is 93.7 Å². The van der Waals surface area contributed by atoms with Gasteiger partial charge in [0.25, 0.3) is 0 Å². The largest absolute Gasteiger partial charge is 0.462 e. The molecule has 0 radical (unpaired) electrons. The molecule has 0 bridgehead atoms. The summed E-state index contributed by atoms with van der Waals surface area (Å²) in [6.45, 7) is 6.44. The van der Waals surface area contributed by atoms with Crippen molar-refractivity contribution in [3.8, 4) is 0 Å². The van der Waals surface area contributed by atoms with Crippen molar-refractivity contribution >= 4 is 17.9 Å². The molecule has 0 saturated carbocycles. The van der Waals surface area contributed by atoms with Gasteiger partial charge >= 0.3 is 17.9 Å². The van der Waals surface area contributed by atoms with Crippen LogP contribution in [0.3, 0.4) is 0 Å². The molecule has 0 fully saturated rings. The van der Waals surface area contributed by atoms with Crippen molar-refractivity contribution in [3.63, 3.8) is 0 Å². The van der Waals surface area contributed by atoms with Crippen molar-refractivity contribution in [2.75, 3.05) is 13.2 Å². The zero-order valence-corrected chi connectivity index (χ0v) is 44.2. The van der Waals surface area contributed by atoms with Gasteiger partial charge in [-0.25, -0.2) is 0 Å². The summed E-state index contributed by atoms with van der Waals surface area (Å²) in [4.78, 5) is 37.8. The van der Waals surface area contributed by atoms with E-state index in [-0.39, 0.29) is 31.1 Å². The van der Waals surface area contributed by atoms with Gasteiger partial charge in [0.05, 0.1) is 0 Å². The van der Waals surface area contributed by atoms with Crippen LogP contribution in [0.4, 0.5) is 0 Å². The van der Waals surface area contributed by atoms with E-state index in [4.69, 9.17) is 14.2 Å². The molecule has 0 amide bonds. The van der Waals surface area contributed by atoms with Crippen LogP contribution >= 0.6 is 0 Å². The van der Waals surface area contributed by atoms with Crippen molar-refractivity contribution in [2.45, 2.75) is 284 Å². The van der Waals surface area contributed by atoms with Crippen LogP contribution in [-0.4, -0.2) is 37.2 Å². The highest BCUT2D eigenvalue weighted by atomic mass is 16.6. The predicted octanol–water partition coefficient (Wildman–Crippen LogP) is 19.0. The van der Waals surface area contributed by atoms with Crippen molar-refractivity contribution in [1.82, 2.24) is 0 Å². The van der Waals surface area contributed by atoms with Gasteiger partial charge < -0.3 is 14.2 Å². The van der Waals surface area contributed by atoms with Crippen LogP contribution in [0.15, 0.2) is 72.9 Å². The highest BCUT2D eigenvalue weighted by Gasteiger charge is 2.19. The summed E-state index contributed by atoms with van der Waals surface area (Å²) in [5, 5.41) is 0. The zero-order chi connectivity index (χ0) is 48.6. The lowest BCUT2D eigenvalue weighted by Gasteiger charge is -2.18. The molecule has 0 spiro atoms. The normalized spacial score (nSPS) is 12.6. The highest BCUT2D eigenvalue weighted by Crippen LogP contribution is 2.16. The first-order valence-corrected chi connectivity index (χ1v) is 28.4. The predicted molar refractivity (Wildman–Crippen MR) is 288 cm³/mol. The molecule has 0 aromatic heterocycles. The summed E-state index contributed by atoms with van der Waals surface area (Å²) in [5.41, 5.74) is 0. The van der Waals surface area contributed by atoms with Crippen molar-refractivity contribution in [2.24, 2.45) is 0 Å². The summed E-state index contributed by atoms with van der Waals surface area (Å²) in [6.07, 6.45) is 70.8. The molecule has 1 atom stereocenters. The first kappa shape index (κ1) is 63.8. The van der Waals surface area contributed by atoms with Crippen LogP contribution in [-0.2, 0) is 28.6 Å². The number of unbranched alkanes of at least 4 members (excludes halogenated alkanes) is 28. The van der Waals surface area contributed by atoms with Crippen LogP contribution in [0.25, 0.3) is 0 Å². The fourth-order valence-electron chi connectivity index (χ4n) is 7.98. The fraction of sp³-hybridized carbons (Fsp3) is 0.754. The molecule has 0 saturated heterocycles. The SMILES string of the molecule is CC/C=C\C/C=C\C/C=C\C/C=C\C/C=C\C/C=C\CCCCCCC(=O)OCC(COC(=O)CCCCCCC)OC(=O)CCCCCCCCCCCCCCCCCCCCCCC. The van der Waals surface area contributed by atoms with Gasteiger partial charge in [-0.15, -0.1) is 0 Å². The first-order valence-electron chi connectivity index (χ1n) is 28.4. The Hall–Kier alpha value is -3.15. The molecule has 6 nitrogen and oxygen atoms in total. The average molecular weight is 936 g/mol. The monoisotopic (exact) mass is 935 g/mol. The summed E-state index contributed by atoms with van der Waals surface area (Å²) in [5.74, 6) is -0.914. The first-order chi connectivity index (χ1) is 33.0. The van der Waals surface area contributed by atoms with Gasteiger partial charge in [0.2, 0.25) is 0 Å². The molecule has 0 rings (SSSR count). The van der Waals surface area contributed by atoms with Crippen LogP contribution in [0.5, 0.6) is 0 Å². The van der Waals surface area contributed by atoms with E-state index in [1.54, 1.807) is 0 Å². The Morgan fingerprint density at radius 1 is 0.313 bits per heavy atom. The van der Waals surface area contributed by atoms with Gasteiger partial charge in [0.1, 0.15) is 13.2 Å². The minimum Gasteiger partial charge on any atom is -0.462 e. The van der Waals surface area contributed by atoms with Gasteiger partial charge in [-0.3, -0.25) is 14.4 Å². The lowest BCUT2D eigenvalue weighted by Crippen LogP contribution is -2.30. The Labute approximate surface area is 414 Å². The van der Waals surface area contributed by atoms with Crippen molar-refractivity contribution in [3.05, 3.63) is 72.9 Å². The van der Waals surface area contributed by atoms with Crippen molar-refractivity contribution < 1.29 is 28.6 Å². The van der Waals surface area contributed by atoms with E-state index in [9.17, 15) is 14.4 Å². The molecule has 0 aliphatic rings. The maximum Gasteiger partial charge on any atom is 0.306 e. The lowest BCUT2D eigenvalue weighted by molar-refractivity contribution is -0.167. The summed E-state index contributed by atoms with van der Waals surface area (Å²) < 4.78 is 16.7. The molecular formula is C61H106O6. The third-order valence-corrected chi connectivity index (χ3v) is 12.2. The number of esters is 3. The molecule has 0 N–H and O–H groups in total. The molecule has 0 heterocycles. The van der Waals surface area contributed by atoms with E-state index in [0.717, 1.165) is 116 Å². The lowest BCUT2D eigenvalue weighted by atomic mass is 10.0. The number of allylic oxidation sites excluding steroid dienone is 12. The quantitative estimate of drug-likeness (QED) is 0.0262. The standard InChI is InChI=1S/C61H106O6/c1-4-7-10-13-15-17-19-21-23-25-27-29-30-32-33-35-37-39-41-43-45-48-51-54-60(63)66-57-58(56-65-59(62)53-50-47-12-9-6-3)67-61(64)55-52-49-46-44-42-40-38-36-34-31-28-26-24-22-20-18-16-14-11-8-5-2/h7,10,15,17,21,23,27,29,32-33,37,39,58H,4-6,8-9,11-14,16,18-20,22,24-26,28,30-31,34-36,38,40-57H2,1-3H3/b10-7-,17-15-,23-21-,29-27-,33-32-,39-37-. The number of carbonyl (C=O) groups is 3. The second kappa shape index (κ2) is 55.4. The smallest absolute Gasteiger partial charge is 0.306 e. The summed E-state index contributed by atoms with van der Waals surface area (Å²) in [6, 6.07) is 0. The second-order valence-electron chi connectivity index (χ2n) is 18.8. The molecule has 0 aliphatic heterocycles. The van der Waals surface area contributed by atoms with Gasteiger partial charge in [0.15, 0.2) is 6.10 Å². The number of carbonyl (C=O) groups excluding carboxylic acids is 3. The Morgan fingerprint density at radius 2 is 0.582 bits per heavy atom. The van der Waals surface area contributed by atoms with Crippen LogP contribution in [0.2, 0.25) is 0 Å². The average Bonchev–Trinajstić information content (AvgIpc) is 3.33. The third kappa shape index (κ3) is 53.7. The summed E-state index contributed by atoms with van der Waals surface area (Å²) >= 11 is 0. The molecule has 386 valence electrons. The zero-order valence-electron chi connectivity index (χ0n) is 44.2. The number of rotatable bonds is 51. The third-order valence-electron chi connectivity index (χ3n) is 12.2. The topological polar surface area (TPSA) is 78.9 Å². The summed E-state index contributed by atoms with van der Waals surface area (Å²) in [7, 11) is 0. The van der Waals surface area contributed by atoms with Gasteiger partial charge in [-0.05, 0) is 70.6 Å². The Balaban J connectivity index is 4.15. The number of hydrogen-bond donors (Lipinski definition) is 0. The Bertz CT molecular complexity index is 1260. The van der Waals surface area contributed by atoms with Crippen LogP contribution in [0.1, 0.15) is 278 Å². The highest BCUT2D eigenvalue weighted by molar-refractivity contribution is 5.71. The Kier molecular flexibility index (Phi) is 52.8. The molecule has 0 aromatic carbocycles. The van der Waals surface area contributed by atoms with Gasteiger partial charge in [-0.2, -0.15) is 0 Å². The maximum absolute atomic E-state index is 12.8. The second-order valence-corrected chi connectivity index (χ2v) is 18.8. The molecule has 0 aliphatic carbocycles. The minimum atomic E-state index is -0.781. The van der Waals surface area contributed by atoms with Gasteiger partial charge in [0, 0.05) is 19.3 Å². The number of ether oxygens (including phenoxy) is 3. The maximum atomic E-state index is 12.8. The van der Waals surface area contributed by atoms with E-state index in [0.29, 0.717) is 19.3 Å². The molecule has 1 unspecified atom stereocenters. The van der Waals surface area contributed by atoms with E-state index >= 15 is 0 Å².